The molecule has 116 valence electrons. The molecule has 1 N–H and O–H groups in total. The zero-order chi connectivity index (χ0) is 14.4. The Morgan fingerprint density at radius 1 is 1.20 bits per heavy atom. The second kappa shape index (κ2) is 7.99. The van der Waals surface area contributed by atoms with Crippen molar-refractivity contribution in [2.24, 2.45) is 5.92 Å². The van der Waals surface area contributed by atoms with E-state index >= 15 is 0 Å². The van der Waals surface area contributed by atoms with E-state index in [1.807, 2.05) is 7.05 Å². The summed E-state index contributed by atoms with van der Waals surface area (Å²) in [6.45, 7) is 7.55. The maximum Gasteiger partial charge on any atom is 0.223 e. The Kier molecular flexibility index (Phi) is 6.30. The van der Waals surface area contributed by atoms with Gasteiger partial charge in [0.15, 0.2) is 0 Å². The molecular weight excluding hydrogens is 250 g/mol. The van der Waals surface area contributed by atoms with Crippen molar-refractivity contribution in [3.8, 4) is 0 Å². The first kappa shape index (κ1) is 15.8. The topological polar surface area (TPSA) is 35.6 Å². The number of nitrogens with one attached hydrogen (secondary N) is 1. The van der Waals surface area contributed by atoms with Crippen molar-refractivity contribution in [2.75, 3.05) is 39.8 Å². The van der Waals surface area contributed by atoms with Crippen molar-refractivity contribution < 1.29 is 4.79 Å². The van der Waals surface area contributed by atoms with Gasteiger partial charge in [-0.05, 0) is 52.1 Å². The maximum absolute atomic E-state index is 12.1. The van der Waals surface area contributed by atoms with Gasteiger partial charge in [-0.15, -0.1) is 0 Å². The standard InChI is InChI=1S/C16H31N3O/c1-14-6-3-4-10-18(14)12-15-7-5-11-19(13-15)16(20)8-9-17-2/h14-15,17H,3-13H2,1-2H3. The minimum Gasteiger partial charge on any atom is -0.342 e. The average Bonchev–Trinajstić information content (AvgIpc) is 2.47. The summed E-state index contributed by atoms with van der Waals surface area (Å²) in [6.07, 6.45) is 7.19. The minimum absolute atomic E-state index is 0.329. The zero-order valence-corrected chi connectivity index (χ0v) is 13.2. The summed E-state index contributed by atoms with van der Waals surface area (Å²) in [5.74, 6) is 1.01. The summed E-state index contributed by atoms with van der Waals surface area (Å²) < 4.78 is 0. The quantitative estimate of drug-likeness (QED) is 0.833. The van der Waals surface area contributed by atoms with Gasteiger partial charge in [0.25, 0.3) is 0 Å². The van der Waals surface area contributed by atoms with Crippen LogP contribution in [0.15, 0.2) is 0 Å². The lowest BCUT2D eigenvalue weighted by Gasteiger charge is -2.39. The Labute approximate surface area is 123 Å². The number of hydrogen-bond acceptors (Lipinski definition) is 3. The molecular formula is C16H31N3O. The summed E-state index contributed by atoms with van der Waals surface area (Å²) in [4.78, 5) is 16.9. The Morgan fingerprint density at radius 2 is 2.05 bits per heavy atom. The molecule has 20 heavy (non-hydrogen) atoms. The average molecular weight is 281 g/mol. The molecule has 0 saturated carbocycles. The van der Waals surface area contributed by atoms with Crippen molar-refractivity contribution in [3.63, 3.8) is 0 Å². The van der Waals surface area contributed by atoms with E-state index in [1.54, 1.807) is 0 Å². The van der Waals surface area contributed by atoms with E-state index < -0.39 is 0 Å². The molecule has 0 aliphatic carbocycles. The molecule has 2 aliphatic heterocycles. The predicted molar refractivity (Wildman–Crippen MR) is 82.7 cm³/mol. The second-order valence-electron chi connectivity index (χ2n) is 6.54. The Balaban J connectivity index is 1.79. The van der Waals surface area contributed by atoms with Gasteiger partial charge in [0.2, 0.25) is 5.91 Å². The van der Waals surface area contributed by atoms with Gasteiger partial charge in [0.05, 0.1) is 0 Å². The third kappa shape index (κ3) is 4.45. The lowest BCUT2D eigenvalue weighted by molar-refractivity contribution is -0.133. The smallest absolute Gasteiger partial charge is 0.223 e. The van der Waals surface area contributed by atoms with Crippen LogP contribution in [0.3, 0.4) is 0 Å². The molecule has 2 saturated heterocycles. The first-order valence-electron chi connectivity index (χ1n) is 8.37. The zero-order valence-electron chi connectivity index (χ0n) is 13.2. The molecule has 2 rings (SSSR count). The van der Waals surface area contributed by atoms with Crippen LogP contribution in [0.25, 0.3) is 0 Å². The van der Waals surface area contributed by atoms with Gasteiger partial charge in [-0.3, -0.25) is 4.79 Å². The molecule has 4 nitrogen and oxygen atoms in total. The highest BCUT2D eigenvalue weighted by Crippen LogP contribution is 2.23. The molecule has 2 aliphatic rings. The Hall–Kier alpha value is -0.610. The van der Waals surface area contributed by atoms with E-state index in [9.17, 15) is 4.79 Å². The molecule has 1 amide bonds. The molecule has 2 atom stereocenters. The van der Waals surface area contributed by atoms with Gasteiger partial charge >= 0.3 is 0 Å². The maximum atomic E-state index is 12.1. The van der Waals surface area contributed by atoms with Crippen LogP contribution in [0.2, 0.25) is 0 Å². The SMILES string of the molecule is CNCCC(=O)N1CCCC(CN2CCCCC2C)C1. The number of hydrogen-bond donors (Lipinski definition) is 1. The summed E-state index contributed by atoms with van der Waals surface area (Å²) in [6, 6.07) is 0.735. The van der Waals surface area contributed by atoms with E-state index in [0.717, 1.165) is 25.7 Å². The minimum atomic E-state index is 0.329. The Bertz CT molecular complexity index is 308. The van der Waals surface area contributed by atoms with E-state index in [1.165, 1.54) is 45.2 Å². The van der Waals surface area contributed by atoms with E-state index in [2.05, 4.69) is 22.0 Å². The molecule has 0 radical (unpaired) electrons. The van der Waals surface area contributed by atoms with Crippen molar-refractivity contribution >= 4 is 5.91 Å². The summed E-state index contributed by atoms with van der Waals surface area (Å²) in [7, 11) is 1.91. The van der Waals surface area contributed by atoms with Gasteiger partial charge in [-0.25, -0.2) is 0 Å². The first-order chi connectivity index (χ1) is 9.70. The molecule has 0 aromatic carbocycles. The van der Waals surface area contributed by atoms with Crippen LogP contribution in [0.4, 0.5) is 0 Å². The second-order valence-corrected chi connectivity index (χ2v) is 6.54. The van der Waals surface area contributed by atoms with Crippen LogP contribution in [0, 0.1) is 5.92 Å². The number of nitrogens with zero attached hydrogens (tertiary/aromatic N) is 2. The highest BCUT2D eigenvalue weighted by atomic mass is 16.2. The monoisotopic (exact) mass is 281 g/mol. The number of likely N-dealkylation sites (tertiary alicyclic amines) is 2. The lowest BCUT2D eigenvalue weighted by Crippen LogP contribution is -2.47. The highest BCUT2D eigenvalue weighted by molar-refractivity contribution is 5.76. The third-order valence-corrected chi connectivity index (χ3v) is 4.89. The van der Waals surface area contributed by atoms with Crippen LogP contribution < -0.4 is 5.32 Å². The summed E-state index contributed by atoms with van der Waals surface area (Å²) >= 11 is 0. The van der Waals surface area contributed by atoms with E-state index in [4.69, 9.17) is 0 Å². The first-order valence-corrected chi connectivity index (χ1v) is 8.37. The van der Waals surface area contributed by atoms with Gasteiger partial charge in [0, 0.05) is 38.6 Å². The van der Waals surface area contributed by atoms with Crippen molar-refractivity contribution in [1.29, 1.82) is 0 Å². The number of carbonyl (C=O) groups is 1. The fourth-order valence-electron chi connectivity index (χ4n) is 3.59. The summed E-state index contributed by atoms with van der Waals surface area (Å²) in [5, 5.41) is 3.06. The predicted octanol–water partition coefficient (Wildman–Crippen LogP) is 1.71. The van der Waals surface area contributed by atoms with Crippen LogP contribution in [-0.4, -0.2) is 61.5 Å². The lowest BCUT2D eigenvalue weighted by atomic mass is 9.94. The summed E-state index contributed by atoms with van der Waals surface area (Å²) in [5.41, 5.74) is 0. The largest absolute Gasteiger partial charge is 0.342 e. The van der Waals surface area contributed by atoms with Crippen molar-refractivity contribution in [1.82, 2.24) is 15.1 Å². The van der Waals surface area contributed by atoms with E-state index in [0.29, 0.717) is 18.2 Å². The van der Waals surface area contributed by atoms with Gasteiger partial charge < -0.3 is 15.1 Å². The van der Waals surface area contributed by atoms with Crippen LogP contribution in [0.1, 0.15) is 45.4 Å². The molecule has 2 unspecified atom stereocenters. The third-order valence-electron chi connectivity index (χ3n) is 4.89. The molecule has 2 fully saturated rings. The van der Waals surface area contributed by atoms with Crippen LogP contribution >= 0.6 is 0 Å². The Morgan fingerprint density at radius 3 is 2.80 bits per heavy atom. The van der Waals surface area contributed by atoms with Gasteiger partial charge in [-0.2, -0.15) is 0 Å². The molecule has 0 aromatic heterocycles. The fraction of sp³-hybridized carbons (Fsp3) is 0.938. The van der Waals surface area contributed by atoms with E-state index in [-0.39, 0.29) is 0 Å². The molecule has 0 spiro atoms. The van der Waals surface area contributed by atoms with Crippen molar-refractivity contribution in [2.45, 2.75) is 51.5 Å². The molecule has 4 heteroatoms. The van der Waals surface area contributed by atoms with Crippen LogP contribution in [-0.2, 0) is 4.79 Å². The number of carbonyl (C=O) groups excluding carboxylic acids is 1. The number of rotatable bonds is 5. The number of amides is 1. The highest BCUT2D eigenvalue weighted by Gasteiger charge is 2.27. The molecule has 2 heterocycles. The van der Waals surface area contributed by atoms with Gasteiger partial charge in [0.1, 0.15) is 0 Å². The van der Waals surface area contributed by atoms with Crippen LogP contribution in [0.5, 0.6) is 0 Å². The molecule has 0 bridgehead atoms. The fourth-order valence-corrected chi connectivity index (χ4v) is 3.59. The number of piperidine rings is 2. The van der Waals surface area contributed by atoms with Gasteiger partial charge in [-0.1, -0.05) is 6.42 Å². The molecule has 0 aromatic rings. The van der Waals surface area contributed by atoms with Crippen molar-refractivity contribution in [3.05, 3.63) is 0 Å². The normalized spacial score (nSPS) is 28.6.